The van der Waals surface area contributed by atoms with Crippen molar-refractivity contribution in [3.8, 4) is 11.4 Å². The summed E-state index contributed by atoms with van der Waals surface area (Å²) in [6.07, 6.45) is -3.35. The van der Waals surface area contributed by atoms with Gasteiger partial charge in [0.25, 0.3) is 0 Å². The summed E-state index contributed by atoms with van der Waals surface area (Å²) < 4.78 is 50.7. The number of aromatic nitrogens is 2. The lowest BCUT2D eigenvalue weighted by molar-refractivity contribution is -0.137. The van der Waals surface area contributed by atoms with Crippen molar-refractivity contribution in [3.05, 3.63) is 47.0 Å². The van der Waals surface area contributed by atoms with Crippen LogP contribution in [0.2, 0.25) is 5.15 Å². The standard InChI is InChI=1S/C11H5ClF4N2/c12-9-1-2-17-10(18-9)6-3-7(11(14,15)16)5-8(13)4-6/h1-5H. The third-order valence-corrected chi connectivity index (χ3v) is 2.32. The quantitative estimate of drug-likeness (QED) is 0.582. The average molecular weight is 277 g/mol. The molecule has 0 spiro atoms. The van der Waals surface area contributed by atoms with E-state index in [1.807, 2.05) is 0 Å². The molecule has 94 valence electrons. The zero-order chi connectivity index (χ0) is 13.3. The van der Waals surface area contributed by atoms with Gasteiger partial charge in [0, 0.05) is 11.8 Å². The van der Waals surface area contributed by atoms with Crippen LogP contribution in [0.1, 0.15) is 5.56 Å². The highest BCUT2D eigenvalue weighted by Gasteiger charge is 2.31. The van der Waals surface area contributed by atoms with E-state index in [-0.39, 0.29) is 16.5 Å². The molecule has 0 aliphatic rings. The maximum atomic E-state index is 13.2. The molecule has 0 unspecified atom stereocenters. The molecule has 0 saturated heterocycles. The fourth-order valence-corrected chi connectivity index (χ4v) is 1.49. The maximum Gasteiger partial charge on any atom is 0.416 e. The molecule has 0 bridgehead atoms. The summed E-state index contributed by atoms with van der Waals surface area (Å²) in [6, 6.07) is 3.47. The first-order chi connectivity index (χ1) is 8.36. The summed E-state index contributed by atoms with van der Waals surface area (Å²) >= 11 is 5.60. The highest BCUT2D eigenvalue weighted by Crippen LogP contribution is 2.32. The lowest BCUT2D eigenvalue weighted by Crippen LogP contribution is -2.06. The van der Waals surface area contributed by atoms with Crippen molar-refractivity contribution in [1.82, 2.24) is 9.97 Å². The fraction of sp³-hybridized carbons (Fsp3) is 0.0909. The average Bonchev–Trinajstić information content (AvgIpc) is 2.27. The molecule has 0 saturated carbocycles. The van der Waals surface area contributed by atoms with E-state index in [0.717, 1.165) is 12.1 Å². The zero-order valence-electron chi connectivity index (χ0n) is 8.67. The Labute approximate surface area is 104 Å². The number of halogens is 5. The highest BCUT2D eigenvalue weighted by atomic mass is 35.5. The molecule has 1 aromatic carbocycles. The molecule has 0 N–H and O–H groups in total. The van der Waals surface area contributed by atoms with Gasteiger partial charge in [-0.15, -0.1) is 0 Å². The number of rotatable bonds is 1. The Morgan fingerprint density at radius 3 is 2.44 bits per heavy atom. The Balaban J connectivity index is 2.55. The first-order valence-electron chi connectivity index (χ1n) is 4.73. The van der Waals surface area contributed by atoms with Crippen LogP contribution in [0.4, 0.5) is 17.6 Å². The molecule has 0 fully saturated rings. The molecule has 0 atom stereocenters. The predicted octanol–water partition coefficient (Wildman–Crippen LogP) is 3.95. The maximum absolute atomic E-state index is 13.2. The largest absolute Gasteiger partial charge is 0.416 e. The van der Waals surface area contributed by atoms with Gasteiger partial charge >= 0.3 is 6.18 Å². The Kier molecular flexibility index (Phi) is 3.21. The van der Waals surface area contributed by atoms with Crippen LogP contribution in [-0.4, -0.2) is 9.97 Å². The molecule has 2 aromatic rings. The lowest BCUT2D eigenvalue weighted by Gasteiger charge is -2.08. The summed E-state index contributed by atoms with van der Waals surface area (Å²) in [5.41, 5.74) is -1.18. The molecule has 2 rings (SSSR count). The van der Waals surface area contributed by atoms with E-state index in [9.17, 15) is 17.6 Å². The topological polar surface area (TPSA) is 25.8 Å². The van der Waals surface area contributed by atoms with Gasteiger partial charge in [0.1, 0.15) is 11.0 Å². The smallest absolute Gasteiger partial charge is 0.236 e. The molecular weight excluding hydrogens is 272 g/mol. The van der Waals surface area contributed by atoms with E-state index in [1.165, 1.54) is 12.3 Å². The van der Waals surface area contributed by atoms with E-state index in [4.69, 9.17) is 11.6 Å². The van der Waals surface area contributed by atoms with Gasteiger partial charge in [-0.2, -0.15) is 13.2 Å². The molecule has 18 heavy (non-hydrogen) atoms. The second kappa shape index (κ2) is 4.53. The molecule has 2 nitrogen and oxygen atoms in total. The van der Waals surface area contributed by atoms with Gasteiger partial charge in [-0.05, 0) is 24.3 Å². The summed E-state index contributed by atoms with van der Waals surface area (Å²) in [5.74, 6) is -1.07. The number of nitrogens with zero attached hydrogens (tertiary/aromatic N) is 2. The number of alkyl halides is 3. The molecule has 0 aliphatic heterocycles. The van der Waals surface area contributed by atoms with Crippen LogP contribution in [0.15, 0.2) is 30.5 Å². The lowest BCUT2D eigenvalue weighted by atomic mass is 10.1. The molecule has 0 aliphatic carbocycles. The summed E-state index contributed by atoms with van der Waals surface area (Å²) in [5, 5.41) is 0.0674. The zero-order valence-corrected chi connectivity index (χ0v) is 9.43. The first-order valence-corrected chi connectivity index (χ1v) is 5.11. The Morgan fingerprint density at radius 1 is 1.11 bits per heavy atom. The van der Waals surface area contributed by atoms with Crippen molar-refractivity contribution in [1.29, 1.82) is 0 Å². The van der Waals surface area contributed by atoms with Gasteiger partial charge < -0.3 is 0 Å². The summed E-state index contributed by atoms with van der Waals surface area (Å²) in [4.78, 5) is 7.47. The van der Waals surface area contributed by atoms with E-state index >= 15 is 0 Å². The van der Waals surface area contributed by atoms with E-state index < -0.39 is 17.6 Å². The van der Waals surface area contributed by atoms with E-state index in [0.29, 0.717) is 6.07 Å². The van der Waals surface area contributed by atoms with Crippen LogP contribution in [0.3, 0.4) is 0 Å². The normalized spacial score (nSPS) is 11.6. The molecule has 1 aromatic heterocycles. The van der Waals surface area contributed by atoms with Gasteiger partial charge in [-0.25, -0.2) is 14.4 Å². The van der Waals surface area contributed by atoms with E-state index in [1.54, 1.807) is 0 Å². The van der Waals surface area contributed by atoms with Crippen molar-refractivity contribution in [3.63, 3.8) is 0 Å². The highest BCUT2D eigenvalue weighted by molar-refractivity contribution is 6.29. The van der Waals surface area contributed by atoms with Crippen molar-refractivity contribution in [2.24, 2.45) is 0 Å². The van der Waals surface area contributed by atoms with Crippen molar-refractivity contribution < 1.29 is 17.6 Å². The van der Waals surface area contributed by atoms with Gasteiger partial charge in [0.15, 0.2) is 5.82 Å². The number of benzene rings is 1. The van der Waals surface area contributed by atoms with Gasteiger partial charge in [-0.1, -0.05) is 11.6 Å². The Bertz CT molecular complexity index is 583. The second-order valence-corrected chi connectivity index (χ2v) is 3.82. The van der Waals surface area contributed by atoms with Crippen LogP contribution < -0.4 is 0 Å². The second-order valence-electron chi connectivity index (χ2n) is 3.43. The molecule has 0 amide bonds. The van der Waals surface area contributed by atoms with Crippen LogP contribution >= 0.6 is 11.6 Å². The third-order valence-electron chi connectivity index (χ3n) is 2.10. The first kappa shape index (κ1) is 12.8. The monoisotopic (exact) mass is 276 g/mol. The Hall–Kier alpha value is -1.69. The number of hydrogen-bond acceptors (Lipinski definition) is 2. The van der Waals surface area contributed by atoms with Gasteiger partial charge in [-0.3, -0.25) is 0 Å². The van der Waals surface area contributed by atoms with Crippen molar-refractivity contribution >= 4 is 11.6 Å². The van der Waals surface area contributed by atoms with Crippen molar-refractivity contribution in [2.75, 3.05) is 0 Å². The molecule has 0 radical (unpaired) electrons. The van der Waals surface area contributed by atoms with Crippen molar-refractivity contribution in [2.45, 2.75) is 6.18 Å². The summed E-state index contributed by atoms with van der Waals surface area (Å²) in [7, 11) is 0. The van der Waals surface area contributed by atoms with Crippen LogP contribution in [0, 0.1) is 5.82 Å². The van der Waals surface area contributed by atoms with Crippen LogP contribution in [0.5, 0.6) is 0 Å². The van der Waals surface area contributed by atoms with E-state index in [2.05, 4.69) is 9.97 Å². The summed E-state index contributed by atoms with van der Waals surface area (Å²) in [6.45, 7) is 0. The molecular formula is C11H5ClF4N2. The number of hydrogen-bond donors (Lipinski definition) is 0. The van der Waals surface area contributed by atoms with Gasteiger partial charge in [0.2, 0.25) is 0 Å². The molecule has 7 heteroatoms. The fourth-order valence-electron chi connectivity index (χ4n) is 1.36. The van der Waals surface area contributed by atoms with Crippen LogP contribution in [-0.2, 0) is 6.18 Å². The molecule has 1 heterocycles. The third kappa shape index (κ3) is 2.76. The SMILES string of the molecule is Fc1cc(-c2nccc(Cl)n2)cc(C(F)(F)F)c1. The minimum absolute atomic E-state index is 0.0625. The minimum Gasteiger partial charge on any atom is -0.236 e. The predicted molar refractivity (Wildman–Crippen MR) is 57.4 cm³/mol. The Morgan fingerprint density at radius 2 is 1.83 bits per heavy atom. The van der Waals surface area contributed by atoms with Crippen LogP contribution in [0.25, 0.3) is 11.4 Å². The van der Waals surface area contributed by atoms with Gasteiger partial charge in [0.05, 0.1) is 5.56 Å². The minimum atomic E-state index is -4.63.